The summed E-state index contributed by atoms with van der Waals surface area (Å²) in [4.78, 5) is 12.8. The van der Waals surface area contributed by atoms with Gasteiger partial charge in [-0.1, -0.05) is 12.1 Å². The van der Waals surface area contributed by atoms with Gasteiger partial charge in [-0.15, -0.1) is 0 Å². The molecule has 0 aliphatic carbocycles. The van der Waals surface area contributed by atoms with E-state index in [2.05, 4.69) is 5.32 Å². The highest BCUT2D eigenvalue weighted by atomic mass is 32.2. The molecule has 0 unspecified atom stereocenters. The van der Waals surface area contributed by atoms with E-state index < -0.39 is 10.0 Å². The van der Waals surface area contributed by atoms with Crippen molar-refractivity contribution in [2.24, 2.45) is 0 Å². The number of carbonyl (C=O) groups excluding carboxylic acids is 1. The lowest BCUT2D eigenvalue weighted by Gasteiger charge is -2.21. The van der Waals surface area contributed by atoms with Crippen LogP contribution in [0.2, 0.25) is 0 Å². The van der Waals surface area contributed by atoms with E-state index in [0.29, 0.717) is 11.3 Å². The number of rotatable bonds is 6. The van der Waals surface area contributed by atoms with Crippen molar-refractivity contribution in [3.8, 4) is 5.75 Å². The van der Waals surface area contributed by atoms with E-state index in [9.17, 15) is 13.2 Å². The number of carbonyl (C=O) groups is 1. The minimum atomic E-state index is -3.56. The number of nitrogens with one attached hydrogen (secondary N) is 1. The summed E-state index contributed by atoms with van der Waals surface area (Å²) in [5.74, 6) is 0.491. The third kappa shape index (κ3) is 4.41. The fourth-order valence-electron chi connectivity index (χ4n) is 2.85. The zero-order valence-electron chi connectivity index (χ0n) is 16.8. The number of amides is 1. The number of fused-ring (bicyclic) bond motifs is 1. The predicted molar refractivity (Wildman–Crippen MR) is 115 cm³/mol. The largest absolute Gasteiger partial charge is 0.497 e. The van der Waals surface area contributed by atoms with E-state index >= 15 is 0 Å². The minimum absolute atomic E-state index is 0.146. The summed E-state index contributed by atoms with van der Waals surface area (Å²) in [6.07, 6.45) is 0. The number of anilines is 1. The van der Waals surface area contributed by atoms with Gasteiger partial charge in [-0.25, -0.2) is 8.42 Å². The van der Waals surface area contributed by atoms with Gasteiger partial charge in [-0.2, -0.15) is 4.31 Å². The highest BCUT2D eigenvalue weighted by Crippen LogP contribution is 2.23. The van der Waals surface area contributed by atoms with Crippen LogP contribution < -0.4 is 10.1 Å². The summed E-state index contributed by atoms with van der Waals surface area (Å²) in [5.41, 5.74) is 1.04. The van der Waals surface area contributed by atoms with Gasteiger partial charge in [0.15, 0.2) is 0 Å². The summed E-state index contributed by atoms with van der Waals surface area (Å²) in [5, 5.41) is 4.71. The van der Waals surface area contributed by atoms with Crippen molar-refractivity contribution in [1.29, 1.82) is 0 Å². The molecule has 7 heteroatoms. The van der Waals surface area contributed by atoms with Gasteiger partial charge in [0.25, 0.3) is 5.91 Å². The molecule has 0 aliphatic heterocycles. The zero-order valence-corrected chi connectivity index (χ0v) is 17.7. The molecule has 0 heterocycles. The number of hydrogen-bond acceptors (Lipinski definition) is 4. The van der Waals surface area contributed by atoms with Crippen LogP contribution >= 0.6 is 0 Å². The van der Waals surface area contributed by atoms with Gasteiger partial charge >= 0.3 is 0 Å². The average molecular weight is 413 g/mol. The number of benzene rings is 3. The fourth-order valence-corrected chi connectivity index (χ4v) is 4.22. The molecule has 152 valence electrons. The second-order valence-corrected chi connectivity index (χ2v) is 9.02. The Labute approximate surface area is 171 Å². The maximum atomic E-state index is 12.6. The molecule has 3 rings (SSSR count). The van der Waals surface area contributed by atoms with Gasteiger partial charge < -0.3 is 10.1 Å². The molecule has 0 saturated heterocycles. The molecular weight excluding hydrogens is 388 g/mol. The summed E-state index contributed by atoms with van der Waals surface area (Å²) in [6, 6.07) is 17.1. The van der Waals surface area contributed by atoms with Crippen molar-refractivity contribution >= 4 is 32.4 Å². The molecule has 0 spiro atoms. The summed E-state index contributed by atoms with van der Waals surface area (Å²) >= 11 is 0. The van der Waals surface area contributed by atoms with E-state index in [1.54, 1.807) is 38.4 Å². The molecule has 0 aliphatic rings. The van der Waals surface area contributed by atoms with Crippen LogP contribution in [0.1, 0.15) is 24.2 Å². The molecule has 0 fully saturated rings. The molecule has 0 atom stereocenters. The van der Waals surface area contributed by atoms with Crippen molar-refractivity contribution < 1.29 is 17.9 Å². The minimum Gasteiger partial charge on any atom is -0.497 e. The van der Waals surface area contributed by atoms with Crippen LogP contribution in [0.3, 0.4) is 0 Å². The number of methoxy groups -OCH3 is 1. The van der Waals surface area contributed by atoms with Crippen LogP contribution in [0.25, 0.3) is 10.8 Å². The second kappa shape index (κ2) is 8.23. The van der Waals surface area contributed by atoms with Gasteiger partial charge in [0, 0.05) is 24.3 Å². The van der Waals surface area contributed by atoms with E-state index in [-0.39, 0.29) is 16.8 Å². The van der Waals surface area contributed by atoms with Crippen LogP contribution in [0.4, 0.5) is 5.69 Å². The maximum absolute atomic E-state index is 12.6. The monoisotopic (exact) mass is 412 g/mol. The van der Waals surface area contributed by atoms with Crippen molar-refractivity contribution in [3.05, 3.63) is 66.2 Å². The molecule has 6 nitrogen and oxygen atoms in total. The Balaban J connectivity index is 1.78. The lowest BCUT2D eigenvalue weighted by Crippen LogP contribution is -2.33. The lowest BCUT2D eigenvalue weighted by molar-refractivity contribution is 0.102. The third-order valence-corrected chi connectivity index (χ3v) is 6.87. The summed E-state index contributed by atoms with van der Waals surface area (Å²) in [7, 11) is -0.397. The molecule has 3 aromatic rings. The fraction of sp³-hybridized carbons (Fsp3) is 0.227. The molecule has 1 N–H and O–H groups in total. The molecule has 0 aromatic heterocycles. The third-order valence-electron chi connectivity index (χ3n) is 4.83. The molecule has 0 bridgehead atoms. The maximum Gasteiger partial charge on any atom is 0.255 e. The van der Waals surface area contributed by atoms with Crippen LogP contribution in [0.15, 0.2) is 65.6 Å². The Morgan fingerprint density at radius 1 is 0.966 bits per heavy atom. The first-order chi connectivity index (χ1) is 13.7. The normalized spacial score (nSPS) is 11.8. The Morgan fingerprint density at radius 2 is 1.59 bits per heavy atom. The number of nitrogens with zero attached hydrogens (tertiary/aromatic N) is 1. The van der Waals surface area contributed by atoms with Crippen molar-refractivity contribution in [1.82, 2.24) is 4.31 Å². The summed E-state index contributed by atoms with van der Waals surface area (Å²) in [6.45, 7) is 3.62. The summed E-state index contributed by atoms with van der Waals surface area (Å²) < 4.78 is 31.6. The van der Waals surface area contributed by atoms with Crippen molar-refractivity contribution in [2.45, 2.75) is 24.8 Å². The highest BCUT2D eigenvalue weighted by Gasteiger charge is 2.22. The number of hydrogen-bond donors (Lipinski definition) is 1. The standard InChI is InChI=1S/C22H24N2O4S/c1-15(2)24(3)29(26,27)21-11-8-19(9-12-21)23-22(25)18-6-5-17-14-20(28-4)10-7-16(17)13-18/h5-15H,1-4H3,(H,23,25). The van der Waals surface area contributed by atoms with E-state index in [4.69, 9.17) is 4.74 Å². The van der Waals surface area contributed by atoms with Crippen LogP contribution in [0.5, 0.6) is 5.75 Å². The Bertz CT molecular complexity index is 1140. The predicted octanol–water partition coefficient (Wildman–Crippen LogP) is 4.13. The Hall–Kier alpha value is -2.90. The van der Waals surface area contributed by atoms with Crippen LogP contribution in [0, 0.1) is 0 Å². The molecule has 0 radical (unpaired) electrons. The molecule has 1 amide bonds. The van der Waals surface area contributed by atoms with Crippen molar-refractivity contribution in [3.63, 3.8) is 0 Å². The SMILES string of the molecule is COc1ccc2cc(C(=O)Nc3ccc(S(=O)(=O)N(C)C(C)C)cc3)ccc2c1. The van der Waals surface area contributed by atoms with E-state index in [1.807, 2.05) is 38.1 Å². The first-order valence-electron chi connectivity index (χ1n) is 9.19. The van der Waals surface area contributed by atoms with E-state index in [0.717, 1.165) is 16.5 Å². The zero-order chi connectivity index (χ0) is 21.2. The Morgan fingerprint density at radius 3 is 2.21 bits per heavy atom. The first-order valence-corrected chi connectivity index (χ1v) is 10.6. The molecule has 3 aromatic carbocycles. The number of sulfonamides is 1. The first kappa shape index (κ1) is 20.8. The lowest BCUT2D eigenvalue weighted by atomic mass is 10.1. The van der Waals surface area contributed by atoms with Crippen LogP contribution in [-0.4, -0.2) is 38.8 Å². The van der Waals surface area contributed by atoms with Gasteiger partial charge in [-0.05, 0) is 73.2 Å². The van der Waals surface area contributed by atoms with Gasteiger partial charge in [0.05, 0.1) is 12.0 Å². The molecule has 29 heavy (non-hydrogen) atoms. The topological polar surface area (TPSA) is 75.7 Å². The average Bonchev–Trinajstić information content (AvgIpc) is 2.72. The second-order valence-electron chi connectivity index (χ2n) is 7.02. The van der Waals surface area contributed by atoms with Gasteiger partial charge in [0.2, 0.25) is 10.0 Å². The van der Waals surface area contributed by atoms with Gasteiger partial charge in [0.1, 0.15) is 5.75 Å². The number of ether oxygens (including phenoxy) is 1. The Kier molecular flexibility index (Phi) is 5.91. The highest BCUT2D eigenvalue weighted by molar-refractivity contribution is 7.89. The molecule has 0 saturated carbocycles. The van der Waals surface area contributed by atoms with E-state index in [1.165, 1.54) is 16.4 Å². The van der Waals surface area contributed by atoms with Crippen LogP contribution in [-0.2, 0) is 10.0 Å². The quantitative estimate of drug-likeness (QED) is 0.661. The smallest absolute Gasteiger partial charge is 0.255 e. The molecular formula is C22H24N2O4S. The van der Waals surface area contributed by atoms with Gasteiger partial charge in [-0.3, -0.25) is 4.79 Å². The van der Waals surface area contributed by atoms with Crippen molar-refractivity contribution in [2.75, 3.05) is 19.5 Å².